The third-order valence-corrected chi connectivity index (χ3v) is 5.13. The molecule has 0 radical (unpaired) electrons. The van der Waals surface area contributed by atoms with Gasteiger partial charge < -0.3 is 24.8 Å². The van der Waals surface area contributed by atoms with E-state index in [2.05, 4.69) is 65.9 Å². The van der Waals surface area contributed by atoms with Crippen LogP contribution in [0.15, 0.2) is 53.5 Å². The highest BCUT2D eigenvalue weighted by molar-refractivity contribution is 14.0. The van der Waals surface area contributed by atoms with Gasteiger partial charge >= 0.3 is 0 Å². The minimum absolute atomic E-state index is 0. The molecule has 0 atom stereocenters. The summed E-state index contributed by atoms with van der Waals surface area (Å²) in [7, 11) is 0. The van der Waals surface area contributed by atoms with Crippen molar-refractivity contribution in [2.24, 2.45) is 4.99 Å². The minimum Gasteiger partial charge on any atom is -0.492 e. The van der Waals surface area contributed by atoms with Crippen LogP contribution in [0, 0.1) is 6.92 Å². The lowest BCUT2D eigenvalue weighted by Crippen LogP contribution is -2.39. The Morgan fingerprint density at radius 3 is 2.38 bits per heavy atom. The summed E-state index contributed by atoms with van der Waals surface area (Å²) in [6.07, 6.45) is 2.30. The van der Waals surface area contributed by atoms with Crippen LogP contribution in [0.1, 0.15) is 36.5 Å². The van der Waals surface area contributed by atoms with E-state index in [1.807, 2.05) is 12.1 Å². The van der Waals surface area contributed by atoms with Gasteiger partial charge in [-0.1, -0.05) is 42.0 Å². The Labute approximate surface area is 209 Å². The van der Waals surface area contributed by atoms with Crippen LogP contribution in [0.25, 0.3) is 0 Å². The second kappa shape index (κ2) is 15.1. The number of aryl methyl sites for hydroxylation is 1. The van der Waals surface area contributed by atoms with Gasteiger partial charge in [0.15, 0.2) is 5.96 Å². The standard InChI is InChI=1S/C25H35N3O3.HI/c1-3-26-25(27-14-17-30-23-10-4-20(2)5-11-23)28-18-21-6-8-22(9-7-21)19-31-24-12-15-29-16-13-24;/h4-11,24H,3,12-19H2,1-2H3,(H2,26,27,28);1H. The van der Waals surface area contributed by atoms with Gasteiger partial charge in [-0.3, -0.25) is 0 Å². The summed E-state index contributed by atoms with van der Waals surface area (Å²) < 4.78 is 17.1. The monoisotopic (exact) mass is 553 g/mol. The van der Waals surface area contributed by atoms with Crippen molar-refractivity contribution < 1.29 is 14.2 Å². The van der Waals surface area contributed by atoms with Crippen molar-refractivity contribution in [3.63, 3.8) is 0 Å². The number of nitrogens with one attached hydrogen (secondary N) is 2. The Morgan fingerprint density at radius 2 is 1.69 bits per heavy atom. The molecule has 1 fully saturated rings. The van der Waals surface area contributed by atoms with Crippen molar-refractivity contribution >= 4 is 29.9 Å². The van der Waals surface area contributed by atoms with Crippen LogP contribution in [-0.2, 0) is 22.6 Å². The van der Waals surface area contributed by atoms with Crippen LogP contribution < -0.4 is 15.4 Å². The zero-order valence-corrected chi connectivity index (χ0v) is 21.5. The molecule has 0 bridgehead atoms. The zero-order valence-electron chi connectivity index (χ0n) is 19.1. The number of guanidine groups is 1. The molecule has 0 spiro atoms. The van der Waals surface area contributed by atoms with E-state index in [0.29, 0.717) is 32.4 Å². The van der Waals surface area contributed by atoms with Crippen molar-refractivity contribution in [1.82, 2.24) is 10.6 Å². The van der Waals surface area contributed by atoms with Gasteiger partial charge in [-0.2, -0.15) is 0 Å². The summed E-state index contributed by atoms with van der Waals surface area (Å²) in [5, 5.41) is 6.60. The summed E-state index contributed by atoms with van der Waals surface area (Å²) in [4.78, 5) is 4.68. The molecule has 7 heteroatoms. The fraction of sp³-hybridized carbons (Fsp3) is 0.480. The molecular weight excluding hydrogens is 517 g/mol. The van der Waals surface area contributed by atoms with Crippen LogP contribution >= 0.6 is 24.0 Å². The molecule has 0 amide bonds. The lowest BCUT2D eigenvalue weighted by Gasteiger charge is -2.22. The predicted molar refractivity (Wildman–Crippen MR) is 140 cm³/mol. The average molecular weight is 553 g/mol. The SMILES string of the molecule is CCNC(=NCc1ccc(COC2CCOCC2)cc1)NCCOc1ccc(C)cc1.I. The Balaban J connectivity index is 0.00000363. The van der Waals surface area contributed by atoms with Gasteiger partial charge in [-0.15, -0.1) is 24.0 Å². The predicted octanol–water partition coefficient (Wildman–Crippen LogP) is 4.44. The fourth-order valence-corrected chi connectivity index (χ4v) is 3.28. The normalized spacial score (nSPS) is 14.5. The lowest BCUT2D eigenvalue weighted by atomic mass is 10.1. The molecule has 1 heterocycles. The number of nitrogens with zero attached hydrogens (tertiary/aromatic N) is 1. The summed E-state index contributed by atoms with van der Waals surface area (Å²) in [5.41, 5.74) is 3.59. The third kappa shape index (κ3) is 9.75. The summed E-state index contributed by atoms with van der Waals surface area (Å²) in [5.74, 6) is 1.68. The Morgan fingerprint density at radius 1 is 1.00 bits per heavy atom. The topological polar surface area (TPSA) is 64.1 Å². The van der Waals surface area contributed by atoms with Crippen molar-refractivity contribution in [1.29, 1.82) is 0 Å². The van der Waals surface area contributed by atoms with E-state index < -0.39 is 0 Å². The number of ether oxygens (including phenoxy) is 3. The van der Waals surface area contributed by atoms with Gasteiger partial charge in [0.05, 0.1) is 25.8 Å². The zero-order chi connectivity index (χ0) is 21.7. The summed E-state index contributed by atoms with van der Waals surface area (Å²) in [6, 6.07) is 16.6. The first-order chi connectivity index (χ1) is 15.2. The van der Waals surface area contributed by atoms with Crippen LogP contribution in [0.5, 0.6) is 5.75 Å². The highest BCUT2D eigenvalue weighted by Crippen LogP contribution is 2.14. The van der Waals surface area contributed by atoms with Crippen LogP contribution in [0.3, 0.4) is 0 Å². The first kappa shape index (κ1) is 26.4. The first-order valence-corrected chi connectivity index (χ1v) is 11.2. The Bertz CT molecular complexity index is 791. The van der Waals surface area contributed by atoms with E-state index in [9.17, 15) is 0 Å². The first-order valence-electron chi connectivity index (χ1n) is 11.2. The van der Waals surface area contributed by atoms with Gasteiger partial charge in [-0.05, 0) is 49.9 Å². The average Bonchev–Trinajstić information content (AvgIpc) is 2.81. The highest BCUT2D eigenvalue weighted by Gasteiger charge is 2.13. The lowest BCUT2D eigenvalue weighted by molar-refractivity contribution is -0.0390. The molecule has 1 aliphatic heterocycles. The van der Waals surface area contributed by atoms with Crippen molar-refractivity contribution in [3.8, 4) is 5.75 Å². The van der Waals surface area contributed by atoms with E-state index in [0.717, 1.165) is 44.3 Å². The maximum Gasteiger partial charge on any atom is 0.191 e. The number of halogens is 1. The highest BCUT2D eigenvalue weighted by atomic mass is 127. The molecule has 0 aromatic heterocycles. The third-order valence-electron chi connectivity index (χ3n) is 5.13. The molecule has 1 aliphatic rings. The van der Waals surface area contributed by atoms with Gasteiger partial charge in [-0.25, -0.2) is 4.99 Å². The van der Waals surface area contributed by atoms with Crippen LogP contribution in [0.2, 0.25) is 0 Å². The smallest absolute Gasteiger partial charge is 0.191 e. The second-order valence-corrected chi connectivity index (χ2v) is 7.72. The van der Waals surface area contributed by atoms with E-state index in [1.165, 1.54) is 16.7 Å². The number of benzene rings is 2. The maximum absolute atomic E-state index is 5.99. The van der Waals surface area contributed by atoms with Gasteiger partial charge in [0.1, 0.15) is 12.4 Å². The Kier molecular flexibility index (Phi) is 12.4. The molecule has 2 aromatic rings. The van der Waals surface area contributed by atoms with E-state index in [1.54, 1.807) is 0 Å². The van der Waals surface area contributed by atoms with Crippen LogP contribution in [0.4, 0.5) is 0 Å². The number of hydrogen-bond donors (Lipinski definition) is 2. The van der Waals surface area contributed by atoms with Crippen molar-refractivity contribution in [3.05, 3.63) is 65.2 Å². The largest absolute Gasteiger partial charge is 0.492 e. The van der Waals surface area contributed by atoms with Gasteiger partial charge in [0, 0.05) is 19.8 Å². The molecular formula is C25H36IN3O3. The summed E-state index contributed by atoms with van der Waals surface area (Å²) >= 11 is 0. The maximum atomic E-state index is 5.99. The molecule has 3 rings (SSSR count). The molecule has 176 valence electrons. The molecule has 0 saturated carbocycles. The molecule has 1 saturated heterocycles. The molecule has 6 nitrogen and oxygen atoms in total. The van der Waals surface area contributed by atoms with Gasteiger partial charge in [0.25, 0.3) is 0 Å². The molecule has 0 unspecified atom stereocenters. The molecule has 2 aromatic carbocycles. The molecule has 0 aliphatic carbocycles. The molecule has 32 heavy (non-hydrogen) atoms. The number of aliphatic imine (C=N–C) groups is 1. The van der Waals surface area contributed by atoms with Gasteiger partial charge in [0.2, 0.25) is 0 Å². The minimum atomic E-state index is 0. The Hall–Kier alpha value is -1.84. The van der Waals surface area contributed by atoms with E-state index in [4.69, 9.17) is 14.2 Å². The number of hydrogen-bond acceptors (Lipinski definition) is 4. The second-order valence-electron chi connectivity index (χ2n) is 7.72. The fourth-order valence-electron chi connectivity index (χ4n) is 3.28. The quantitative estimate of drug-likeness (QED) is 0.197. The van der Waals surface area contributed by atoms with Crippen LogP contribution in [-0.4, -0.2) is 45.0 Å². The van der Waals surface area contributed by atoms with Crippen molar-refractivity contribution in [2.75, 3.05) is 32.9 Å². The van der Waals surface area contributed by atoms with Crippen molar-refractivity contribution in [2.45, 2.75) is 45.9 Å². The van der Waals surface area contributed by atoms with E-state index in [-0.39, 0.29) is 24.0 Å². The molecule has 2 N–H and O–H groups in total. The van der Waals surface area contributed by atoms with E-state index >= 15 is 0 Å². The summed E-state index contributed by atoms with van der Waals surface area (Å²) in [6.45, 7) is 9.09. The number of rotatable bonds is 10.